The SMILES string of the molecule is C=CC(=O)Nc1cccc(CNC(=O)[C@@H]2CC[C@@H]3CCCC[C@H](NC(=C)[C@H](C)N(C)C(=O)OC(C)(C)C)C(=O)N32)c1. The van der Waals surface area contributed by atoms with Gasteiger partial charge in [0.15, 0.2) is 0 Å². The summed E-state index contributed by atoms with van der Waals surface area (Å²) in [6.45, 7) is 15.1. The summed E-state index contributed by atoms with van der Waals surface area (Å²) in [7, 11) is 1.64. The van der Waals surface area contributed by atoms with Crippen molar-refractivity contribution in [1.82, 2.24) is 20.4 Å². The number of nitrogens with one attached hydrogen (secondary N) is 3. The van der Waals surface area contributed by atoms with E-state index in [0.29, 0.717) is 24.2 Å². The lowest BCUT2D eigenvalue weighted by atomic mass is 9.98. The highest BCUT2D eigenvalue weighted by Gasteiger charge is 2.43. The maximum absolute atomic E-state index is 13.9. The fraction of sp³-hybridized carbons (Fsp3) is 0.548. The van der Waals surface area contributed by atoms with Gasteiger partial charge in [-0.1, -0.05) is 38.1 Å². The van der Waals surface area contributed by atoms with Gasteiger partial charge in [0.25, 0.3) is 0 Å². The molecule has 3 rings (SSSR count). The van der Waals surface area contributed by atoms with Gasteiger partial charge >= 0.3 is 6.09 Å². The number of nitrogens with zero attached hydrogens (tertiary/aromatic N) is 2. The number of rotatable bonds is 9. The summed E-state index contributed by atoms with van der Waals surface area (Å²) in [6.07, 6.45) is 5.43. The molecule has 0 aliphatic carbocycles. The van der Waals surface area contributed by atoms with Crippen molar-refractivity contribution in [3.05, 3.63) is 54.8 Å². The van der Waals surface area contributed by atoms with E-state index in [9.17, 15) is 19.2 Å². The van der Waals surface area contributed by atoms with Crippen LogP contribution in [0.3, 0.4) is 0 Å². The molecule has 2 fully saturated rings. The first-order chi connectivity index (χ1) is 19.3. The molecule has 0 bridgehead atoms. The Morgan fingerprint density at radius 3 is 2.56 bits per heavy atom. The molecule has 0 aromatic heterocycles. The van der Waals surface area contributed by atoms with Crippen molar-refractivity contribution in [2.75, 3.05) is 12.4 Å². The second kappa shape index (κ2) is 13.7. The summed E-state index contributed by atoms with van der Waals surface area (Å²) in [5.41, 5.74) is 1.35. The van der Waals surface area contributed by atoms with Gasteiger partial charge in [-0.2, -0.15) is 0 Å². The number of likely N-dealkylation sites (N-methyl/N-ethyl adjacent to an activating group) is 1. The van der Waals surface area contributed by atoms with Gasteiger partial charge in [0, 0.05) is 31.0 Å². The minimum Gasteiger partial charge on any atom is -0.444 e. The molecule has 41 heavy (non-hydrogen) atoms. The summed E-state index contributed by atoms with van der Waals surface area (Å²) in [5, 5.41) is 8.98. The summed E-state index contributed by atoms with van der Waals surface area (Å²) >= 11 is 0. The molecule has 0 radical (unpaired) electrons. The minimum absolute atomic E-state index is 0.00965. The third-order valence-corrected chi connectivity index (χ3v) is 7.61. The summed E-state index contributed by atoms with van der Waals surface area (Å²) in [5.74, 6) is -0.622. The molecule has 1 aromatic rings. The van der Waals surface area contributed by atoms with Crippen LogP contribution in [0.25, 0.3) is 0 Å². The number of hydrogen-bond acceptors (Lipinski definition) is 6. The van der Waals surface area contributed by atoms with E-state index in [1.165, 1.54) is 11.0 Å². The Morgan fingerprint density at radius 1 is 1.17 bits per heavy atom. The molecule has 3 N–H and O–H groups in total. The van der Waals surface area contributed by atoms with E-state index >= 15 is 0 Å². The zero-order chi connectivity index (χ0) is 30.3. The van der Waals surface area contributed by atoms with Crippen LogP contribution < -0.4 is 16.0 Å². The van der Waals surface area contributed by atoms with Gasteiger partial charge in [0.1, 0.15) is 17.7 Å². The van der Waals surface area contributed by atoms with Crippen LogP contribution in [-0.4, -0.2) is 70.4 Å². The molecular weight excluding hydrogens is 522 g/mol. The molecule has 224 valence electrons. The van der Waals surface area contributed by atoms with E-state index in [4.69, 9.17) is 4.74 Å². The number of amides is 4. The van der Waals surface area contributed by atoms with E-state index < -0.39 is 29.8 Å². The molecule has 4 amide bonds. The van der Waals surface area contributed by atoms with E-state index in [1.54, 1.807) is 30.1 Å². The average molecular weight is 568 g/mol. The Morgan fingerprint density at radius 2 is 1.88 bits per heavy atom. The molecule has 0 spiro atoms. The van der Waals surface area contributed by atoms with Crippen molar-refractivity contribution in [2.45, 2.75) is 103 Å². The Bertz CT molecular complexity index is 1160. The Labute approximate surface area is 243 Å². The van der Waals surface area contributed by atoms with Crippen LogP contribution in [0, 0.1) is 0 Å². The van der Waals surface area contributed by atoms with Crippen molar-refractivity contribution in [2.24, 2.45) is 0 Å². The number of benzene rings is 1. The van der Waals surface area contributed by atoms with Crippen LogP contribution in [-0.2, 0) is 25.7 Å². The molecule has 1 aromatic carbocycles. The minimum atomic E-state index is -0.625. The van der Waals surface area contributed by atoms with Gasteiger partial charge in [0.05, 0.1) is 6.04 Å². The zero-order valence-corrected chi connectivity index (χ0v) is 25.0. The molecule has 10 heteroatoms. The van der Waals surface area contributed by atoms with Crippen LogP contribution in [0.4, 0.5) is 10.5 Å². The lowest BCUT2D eigenvalue weighted by Gasteiger charge is -2.37. The number of carbonyl (C=O) groups is 4. The maximum Gasteiger partial charge on any atom is 0.410 e. The largest absolute Gasteiger partial charge is 0.444 e. The van der Waals surface area contributed by atoms with Crippen molar-refractivity contribution < 1.29 is 23.9 Å². The second-order valence-electron chi connectivity index (χ2n) is 11.9. The van der Waals surface area contributed by atoms with Crippen molar-refractivity contribution in [1.29, 1.82) is 0 Å². The molecule has 4 atom stereocenters. The quantitative estimate of drug-likeness (QED) is 0.387. The smallest absolute Gasteiger partial charge is 0.410 e. The number of anilines is 1. The Kier molecular flexibility index (Phi) is 10.6. The van der Waals surface area contributed by atoms with Crippen LogP contribution in [0.5, 0.6) is 0 Å². The summed E-state index contributed by atoms with van der Waals surface area (Å²) in [6, 6.07) is 5.72. The van der Waals surface area contributed by atoms with E-state index in [1.807, 2.05) is 33.8 Å². The van der Waals surface area contributed by atoms with Crippen molar-refractivity contribution in [3.63, 3.8) is 0 Å². The van der Waals surface area contributed by atoms with Crippen molar-refractivity contribution >= 4 is 29.5 Å². The van der Waals surface area contributed by atoms with Gasteiger partial charge in [-0.15, -0.1) is 0 Å². The third-order valence-electron chi connectivity index (χ3n) is 7.61. The fourth-order valence-corrected chi connectivity index (χ4v) is 5.25. The van der Waals surface area contributed by atoms with Crippen LogP contribution in [0.1, 0.15) is 71.8 Å². The van der Waals surface area contributed by atoms with Gasteiger partial charge in [0.2, 0.25) is 17.7 Å². The van der Waals surface area contributed by atoms with Crippen LogP contribution in [0.2, 0.25) is 0 Å². The predicted molar refractivity (Wildman–Crippen MR) is 159 cm³/mol. The van der Waals surface area contributed by atoms with Gasteiger partial charge in [-0.25, -0.2) is 4.79 Å². The second-order valence-corrected chi connectivity index (χ2v) is 11.9. The molecule has 2 aliphatic heterocycles. The van der Waals surface area contributed by atoms with Gasteiger partial charge in [-0.3, -0.25) is 14.4 Å². The number of carbonyl (C=O) groups excluding carboxylic acids is 4. The molecule has 2 saturated heterocycles. The molecule has 0 unspecified atom stereocenters. The lowest BCUT2D eigenvalue weighted by Crippen LogP contribution is -2.56. The zero-order valence-electron chi connectivity index (χ0n) is 25.0. The fourth-order valence-electron chi connectivity index (χ4n) is 5.25. The number of fused-ring (bicyclic) bond motifs is 1. The highest BCUT2D eigenvalue weighted by Crippen LogP contribution is 2.32. The summed E-state index contributed by atoms with van der Waals surface area (Å²) in [4.78, 5) is 54.7. The molecule has 2 aliphatic rings. The maximum atomic E-state index is 13.9. The van der Waals surface area contributed by atoms with Gasteiger partial charge in [-0.05, 0) is 77.2 Å². The predicted octanol–water partition coefficient (Wildman–Crippen LogP) is 4.09. The normalized spacial score (nSPS) is 21.4. The molecular formula is C31H45N5O5. The number of hydrogen-bond donors (Lipinski definition) is 3. The first kappa shape index (κ1) is 31.7. The van der Waals surface area contributed by atoms with Gasteiger partial charge < -0.3 is 30.5 Å². The average Bonchev–Trinajstić information content (AvgIpc) is 3.33. The van der Waals surface area contributed by atoms with E-state index in [2.05, 4.69) is 29.1 Å². The van der Waals surface area contributed by atoms with Crippen LogP contribution in [0.15, 0.2) is 49.2 Å². The van der Waals surface area contributed by atoms with E-state index in [-0.39, 0.29) is 30.3 Å². The van der Waals surface area contributed by atoms with Crippen molar-refractivity contribution in [3.8, 4) is 0 Å². The standard InChI is InChI=1S/C31H45N5O5/c1-8-27(37)34-23-13-11-12-22(18-23)19-32-28(38)26-17-16-24-14-9-10-15-25(29(39)36(24)26)33-20(2)21(3)35(7)30(40)41-31(4,5)6/h8,11-13,18,21,24-26,33H,1-2,9-10,14-17,19H2,3-7H3,(H,32,38)(H,34,37)/t21-,24-,25-,26-/m0/s1. The highest BCUT2D eigenvalue weighted by atomic mass is 16.6. The lowest BCUT2D eigenvalue weighted by molar-refractivity contribution is -0.142. The summed E-state index contributed by atoms with van der Waals surface area (Å²) < 4.78 is 5.48. The Hall–Kier alpha value is -3.82. The third kappa shape index (κ3) is 8.58. The Balaban J connectivity index is 1.66. The first-order valence-electron chi connectivity index (χ1n) is 14.3. The first-order valence-corrected chi connectivity index (χ1v) is 14.3. The molecule has 0 saturated carbocycles. The number of ether oxygens (including phenoxy) is 1. The van der Waals surface area contributed by atoms with E-state index in [0.717, 1.165) is 31.2 Å². The molecule has 2 heterocycles. The highest BCUT2D eigenvalue weighted by molar-refractivity contribution is 5.98. The monoisotopic (exact) mass is 567 g/mol. The topological polar surface area (TPSA) is 120 Å². The van der Waals surface area contributed by atoms with Crippen LogP contribution >= 0.6 is 0 Å². The molecule has 10 nitrogen and oxygen atoms in total.